The monoisotopic (exact) mass is 274 g/mol. The summed E-state index contributed by atoms with van der Waals surface area (Å²) in [5.74, 6) is 6.08. The number of hydrogen-bond acceptors (Lipinski definition) is 2. The van der Waals surface area contributed by atoms with Gasteiger partial charge in [0.05, 0.1) is 0 Å². The van der Waals surface area contributed by atoms with Gasteiger partial charge in [0.1, 0.15) is 0 Å². The van der Waals surface area contributed by atoms with Gasteiger partial charge < -0.3 is 5.73 Å². The van der Waals surface area contributed by atoms with E-state index < -0.39 is 0 Å². The molecule has 1 saturated heterocycles. The number of hydrogen-bond donors (Lipinski definition) is 1. The van der Waals surface area contributed by atoms with E-state index in [9.17, 15) is 0 Å². The Morgan fingerprint density at radius 1 is 0.850 bits per heavy atom. The third kappa shape index (κ3) is 1.48. The lowest BCUT2D eigenvalue weighted by Crippen LogP contribution is -2.68. The highest BCUT2D eigenvalue weighted by molar-refractivity contribution is 5.14. The molecular formula is C18H30N2. The predicted molar refractivity (Wildman–Crippen MR) is 81.2 cm³/mol. The molecule has 5 aliphatic carbocycles. The van der Waals surface area contributed by atoms with Gasteiger partial charge in [0.25, 0.3) is 0 Å². The van der Waals surface area contributed by atoms with Crippen LogP contribution in [0.15, 0.2) is 0 Å². The quantitative estimate of drug-likeness (QED) is 0.839. The van der Waals surface area contributed by atoms with Crippen molar-refractivity contribution in [2.24, 2.45) is 41.2 Å². The average Bonchev–Trinajstić information content (AvgIpc) is 3.00. The molecule has 0 aromatic carbocycles. The van der Waals surface area contributed by atoms with Gasteiger partial charge in [0.2, 0.25) is 0 Å². The predicted octanol–water partition coefficient (Wildman–Crippen LogP) is 2.87. The van der Waals surface area contributed by atoms with Crippen LogP contribution in [-0.4, -0.2) is 30.1 Å². The van der Waals surface area contributed by atoms with Crippen molar-refractivity contribution in [2.75, 3.05) is 19.6 Å². The summed E-state index contributed by atoms with van der Waals surface area (Å²) in [5, 5.41) is 0. The molecule has 2 atom stereocenters. The van der Waals surface area contributed by atoms with Crippen LogP contribution < -0.4 is 5.73 Å². The van der Waals surface area contributed by atoms with E-state index in [2.05, 4.69) is 4.90 Å². The van der Waals surface area contributed by atoms with Crippen LogP contribution in [0.2, 0.25) is 0 Å². The smallest absolute Gasteiger partial charge is 0.0388 e. The zero-order valence-electron chi connectivity index (χ0n) is 12.8. The first-order valence-electron chi connectivity index (χ1n) is 9.24. The Balaban J connectivity index is 1.47. The van der Waals surface area contributed by atoms with Crippen molar-refractivity contribution in [2.45, 2.75) is 56.9 Å². The van der Waals surface area contributed by atoms with Crippen LogP contribution in [0.5, 0.6) is 0 Å². The van der Waals surface area contributed by atoms with Crippen molar-refractivity contribution in [3.8, 4) is 0 Å². The maximum atomic E-state index is 6.48. The van der Waals surface area contributed by atoms with Crippen molar-refractivity contribution in [3.63, 3.8) is 0 Å². The minimum Gasteiger partial charge on any atom is -0.329 e. The van der Waals surface area contributed by atoms with E-state index in [-0.39, 0.29) is 0 Å². The molecule has 0 aromatic rings. The van der Waals surface area contributed by atoms with Gasteiger partial charge in [-0.2, -0.15) is 0 Å². The van der Waals surface area contributed by atoms with E-state index in [1.165, 1.54) is 58.0 Å². The summed E-state index contributed by atoms with van der Waals surface area (Å²) in [6, 6.07) is 0. The third-order valence-electron chi connectivity index (χ3n) is 8.19. The first-order chi connectivity index (χ1) is 9.79. The van der Waals surface area contributed by atoms with Gasteiger partial charge in [-0.15, -0.1) is 0 Å². The second-order valence-electron chi connectivity index (χ2n) is 8.86. The van der Waals surface area contributed by atoms with Gasteiger partial charge in [-0.1, -0.05) is 6.42 Å². The van der Waals surface area contributed by atoms with Crippen LogP contribution in [0.25, 0.3) is 0 Å². The molecule has 1 heterocycles. The summed E-state index contributed by atoms with van der Waals surface area (Å²) in [7, 11) is 0. The highest BCUT2D eigenvalue weighted by Crippen LogP contribution is 2.61. The third-order valence-corrected chi connectivity index (χ3v) is 8.19. The van der Waals surface area contributed by atoms with Crippen LogP contribution in [-0.2, 0) is 0 Å². The Kier molecular flexibility index (Phi) is 2.63. The summed E-state index contributed by atoms with van der Waals surface area (Å²) >= 11 is 0. The van der Waals surface area contributed by atoms with Crippen LogP contribution in [0.4, 0.5) is 0 Å². The number of fused-ring (bicyclic) bond motifs is 1. The number of rotatable bonds is 2. The van der Waals surface area contributed by atoms with E-state index in [1.807, 2.05) is 0 Å². The topological polar surface area (TPSA) is 29.3 Å². The summed E-state index contributed by atoms with van der Waals surface area (Å²) in [6.07, 6.45) is 12.1. The van der Waals surface area contributed by atoms with Gasteiger partial charge in [-0.25, -0.2) is 0 Å². The summed E-state index contributed by atoms with van der Waals surface area (Å²) in [6.45, 7) is 3.73. The second-order valence-corrected chi connectivity index (χ2v) is 8.86. The standard InChI is InChI=1S/C18H30N2/c19-11-18(20-9-14-2-1-3-15(14)10-20)16-5-12-4-13(7-16)8-17(18)6-12/h12-17H,1-11,19H2. The summed E-state index contributed by atoms with van der Waals surface area (Å²) in [4.78, 5) is 2.94. The molecule has 2 unspecified atom stereocenters. The second kappa shape index (κ2) is 4.23. The highest BCUT2D eigenvalue weighted by atomic mass is 15.3. The van der Waals surface area contributed by atoms with Crippen LogP contribution in [0.3, 0.4) is 0 Å². The lowest BCUT2D eigenvalue weighted by molar-refractivity contribution is -0.126. The largest absolute Gasteiger partial charge is 0.329 e. The lowest BCUT2D eigenvalue weighted by atomic mass is 9.48. The number of likely N-dealkylation sites (tertiary alicyclic amines) is 1. The molecule has 2 heteroatoms. The first kappa shape index (κ1) is 12.5. The van der Waals surface area contributed by atoms with Crippen LogP contribution in [0, 0.1) is 35.5 Å². The van der Waals surface area contributed by atoms with E-state index in [1.54, 1.807) is 6.42 Å². The highest BCUT2D eigenvalue weighted by Gasteiger charge is 2.60. The molecular weight excluding hydrogens is 244 g/mol. The molecule has 2 nitrogen and oxygen atoms in total. The van der Waals surface area contributed by atoms with E-state index in [4.69, 9.17) is 5.73 Å². The zero-order chi connectivity index (χ0) is 13.3. The molecule has 5 saturated carbocycles. The fourth-order valence-electron chi connectivity index (χ4n) is 7.55. The first-order valence-corrected chi connectivity index (χ1v) is 9.24. The Morgan fingerprint density at radius 3 is 1.90 bits per heavy atom. The molecule has 20 heavy (non-hydrogen) atoms. The van der Waals surface area contributed by atoms with Crippen molar-refractivity contribution in [1.82, 2.24) is 4.90 Å². The molecule has 0 radical (unpaired) electrons. The lowest BCUT2D eigenvalue weighted by Gasteiger charge is -2.64. The molecule has 1 aliphatic heterocycles. The van der Waals surface area contributed by atoms with E-state index >= 15 is 0 Å². The summed E-state index contributed by atoms with van der Waals surface area (Å²) < 4.78 is 0. The minimum absolute atomic E-state index is 0.428. The zero-order valence-corrected chi connectivity index (χ0v) is 12.8. The fraction of sp³-hybridized carbons (Fsp3) is 1.00. The number of nitrogens with two attached hydrogens (primary N) is 1. The molecule has 0 aromatic heterocycles. The van der Waals surface area contributed by atoms with Crippen LogP contribution in [0.1, 0.15) is 51.4 Å². The minimum atomic E-state index is 0.428. The van der Waals surface area contributed by atoms with Gasteiger partial charge in [-0.3, -0.25) is 4.90 Å². The Labute approximate surface area is 123 Å². The van der Waals surface area contributed by atoms with Crippen LogP contribution >= 0.6 is 0 Å². The molecule has 4 bridgehead atoms. The van der Waals surface area contributed by atoms with E-state index in [0.717, 1.165) is 42.1 Å². The molecule has 0 amide bonds. The molecule has 112 valence electrons. The SMILES string of the molecule is NCC1(N2CC3CCCC3C2)C2CC3CC(C2)CC1C3. The van der Waals surface area contributed by atoms with Crippen molar-refractivity contribution < 1.29 is 0 Å². The number of nitrogens with zero attached hydrogens (tertiary/aromatic N) is 1. The van der Waals surface area contributed by atoms with Crippen molar-refractivity contribution in [1.29, 1.82) is 0 Å². The van der Waals surface area contributed by atoms with Gasteiger partial charge in [-0.05, 0) is 80.5 Å². The molecule has 6 rings (SSSR count). The van der Waals surface area contributed by atoms with Gasteiger partial charge in [0.15, 0.2) is 0 Å². The van der Waals surface area contributed by atoms with Gasteiger partial charge in [0, 0.05) is 25.2 Å². The fourth-order valence-corrected chi connectivity index (χ4v) is 7.55. The summed E-state index contributed by atoms with van der Waals surface area (Å²) in [5.41, 5.74) is 6.91. The normalized spacial score (nSPS) is 57.5. The van der Waals surface area contributed by atoms with Gasteiger partial charge >= 0.3 is 0 Å². The Hall–Kier alpha value is -0.0800. The van der Waals surface area contributed by atoms with Crippen molar-refractivity contribution in [3.05, 3.63) is 0 Å². The Morgan fingerprint density at radius 2 is 1.40 bits per heavy atom. The maximum Gasteiger partial charge on any atom is 0.0388 e. The molecule has 6 aliphatic rings. The average molecular weight is 274 g/mol. The maximum absolute atomic E-state index is 6.48. The van der Waals surface area contributed by atoms with Crippen molar-refractivity contribution >= 4 is 0 Å². The molecule has 2 N–H and O–H groups in total. The Bertz CT molecular complexity index is 364. The van der Waals surface area contributed by atoms with E-state index in [0.29, 0.717) is 5.54 Å². The molecule has 6 fully saturated rings. The molecule has 0 spiro atoms.